The van der Waals surface area contributed by atoms with Crippen LogP contribution in [0, 0.1) is 0 Å². The molecular formula is C13H21NO2. The Kier molecular flexibility index (Phi) is 7.94. The molecule has 0 aliphatic rings. The van der Waals surface area contributed by atoms with Gasteiger partial charge in [-0.05, 0) is 17.7 Å². The van der Waals surface area contributed by atoms with Crippen LogP contribution in [-0.2, 0) is 11.3 Å². The molecule has 0 aliphatic carbocycles. The highest BCUT2D eigenvalue weighted by Gasteiger charge is 1.98. The van der Waals surface area contributed by atoms with E-state index in [1.165, 1.54) is 0 Å². The third kappa shape index (κ3) is 5.39. The molecule has 90 valence electrons. The molecule has 0 spiro atoms. The molecule has 1 rings (SSSR count). The molecule has 1 amide bonds. The third-order valence-corrected chi connectivity index (χ3v) is 1.94. The SMILES string of the molecule is CC.CCC(=O)NCc1cccc(OC)c1. The van der Waals surface area contributed by atoms with Gasteiger partial charge in [0.25, 0.3) is 0 Å². The largest absolute Gasteiger partial charge is 0.497 e. The maximum absolute atomic E-state index is 11.0. The third-order valence-electron chi connectivity index (χ3n) is 1.94. The highest BCUT2D eigenvalue weighted by molar-refractivity contribution is 5.75. The van der Waals surface area contributed by atoms with E-state index in [4.69, 9.17) is 4.74 Å². The summed E-state index contributed by atoms with van der Waals surface area (Å²) in [6, 6.07) is 7.66. The number of rotatable bonds is 4. The summed E-state index contributed by atoms with van der Waals surface area (Å²) in [6.45, 7) is 6.39. The van der Waals surface area contributed by atoms with Crippen LogP contribution in [0.25, 0.3) is 0 Å². The smallest absolute Gasteiger partial charge is 0.219 e. The minimum Gasteiger partial charge on any atom is -0.497 e. The predicted molar refractivity (Wildman–Crippen MR) is 66.5 cm³/mol. The van der Waals surface area contributed by atoms with E-state index in [1.54, 1.807) is 7.11 Å². The Morgan fingerprint density at radius 1 is 1.38 bits per heavy atom. The van der Waals surface area contributed by atoms with Crippen LogP contribution in [-0.4, -0.2) is 13.0 Å². The summed E-state index contributed by atoms with van der Waals surface area (Å²) in [7, 11) is 1.63. The number of carbonyl (C=O) groups is 1. The van der Waals surface area contributed by atoms with Crippen molar-refractivity contribution in [1.82, 2.24) is 5.32 Å². The second-order valence-corrected chi connectivity index (χ2v) is 2.98. The molecule has 16 heavy (non-hydrogen) atoms. The fourth-order valence-electron chi connectivity index (χ4n) is 1.11. The Morgan fingerprint density at radius 3 is 2.62 bits per heavy atom. The van der Waals surface area contributed by atoms with Crippen LogP contribution < -0.4 is 10.1 Å². The van der Waals surface area contributed by atoms with Gasteiger partial charge in [0.05, 0.1) is 7.11 Å². The number of methoxy groups -OCH3 is 1. The van der Waals surface area contributed by atoms with Gasteiger partial charge < -0.3 is 10.1 Å². The molecule has 0 radical (unpaired) electrons. The van der Waals surface area contributed by atoms with Crippen molar-refractivity contribution < 1.29 is 9.53 Å². The molecule has 0 aliphatic heterocycles. The maximum atomic E-state index is 11.0. The number of ether oxygens (including phenoxy) is 1. The molecule has 0 saturated carbocycles. The Bertz CT molecular complexity index is 311. The molecule has 0 heterocycles. The average molecular weight is 223 g/mol. The number of hydrogen-bond donors (Lipinski definition) is 1. The zero-order valence-corrected chi connectivity index (χ0v) is 10.5. The number of hydrogen-bond acceptors (Lipinski definition) is 2. The standard InChI is InChI=1S/C11H15NO2.C2H6/c1-3-11(13)12-8-9-5-4-6-10(7-9)14-2;1-2/h4-7H,3,8H2,1-2H3,(H,12,13);1-2H3. The zero-order valence-electron chi connectivity index (χ0n) is 10.5. The van der Waals surface area contributed by atoms with Gasteiger partial charge in [-0.3, -0.25) is 4.79 Å². The minimum absolute atomic E-state index is 0.0628. The Labute approximate surface area is 97.8 Å². The zero-order chi connectivity index (χ0) is 12.4. The average Bonchev–Trinajstić information content (AvgIpc) is 2.38. The lowest BCUT2D eigenvalue weighted by Crippen LogP contribution is -2.21. The molecular weight excluding hydrogens is 202 g/mol. The van der Waals surface area contributed by atoms with Crippen LogP contribution in [0.2, 0.25) is 0 Å². The van der Waals surface area contributed by atoms with Crippen molar-refractivity contribution in [2.45, 2.75) is 33.7 Å². The molecule has 0 fully saturated rings. The first-order valence-corrected chi connectivity index (χ1v) is 5.66. The number of carbonyl (C=O) groups excluding carboxylic acids is 1. The molecule has 3 nitrogen and oxygen atoms in total. The van der Waals surface area contributed by atoms with Crippen molar-refractivity contribution in [1.29, 1.82) is 0 Å². The van der Waals surface area contributed by atoms with E-state index in [9.17, 15) is 4.79 Å². The van der Waals surface area contributed by atoms with E-state index in [1.807, 2.05) is 45.0 Å². The number of benzene rings is 1. The first-order valence-electron chi connectivity index (χ1n) is 5.66. The lowest BCUT2D eigenvalue weighted by Gasteiger charge is -2.05. The first kappa shape index (κ1) is 14.5. The second kappa shape index (κ2) is 8.77. The van der Waals surface area contributed by atoms with Gasteiger partial charge in [-0.1, -0.05) is 32.9 Å². The van der Waals surface area contributed by atoms with Gasteiger partial charge in [-0.15, -0.1) is 0 Å². The number of amides is 1. The van der Waals surface area contributed by atoms with Crippen LogP contribution in [0.3, 0.4) is 0 Å². The molecule has 0 atom stereocenters. The van der Waals surface area contributed by atoms with Crippen LogP contribution in [0.4, 0.5) is 0 Å². The lowest BCUT2D eigenvalue weighted by molar-refractivity contribution is -0.120. The highest BCUT2D eigenvalue weighted by atomic mass is 16.5. The van der Waals surface area contributed by atoms with Gasteiger partial charge >= 0.3 is 0 Å². The van der Waals surface area contributed by atoms with E-state index in [0.717, 1.165) is 11.3 Å². The van der Waals surface area contributed by atoms with E-state index < -0.39 is 0 Å². The molecule has 1 aromatic carbocycles. The van der Waals surface area contributed by atoms with E-state index >= 15 is 0 Å². The van der Waals surface area contributed by atoms with E-state index in [-0.39, 0.29) is 5.91 Å². The molecule has 0 bridgehead atoms. The van der Waals surface area contributed by atoms with Crippen molar-refractivity contribution >= 4 is 5.91 Å². The quantitative estimate of drug-likeness (QED) is 0.852. The van der Waals surface area contributed by atoms with Crippen LogP contribution >= 0.6 is 0 Å². The molecule has 0 saturated heterocycles. The summed E-state index contributed by atoms with van der Waals surface area (Å²) in [5.74, 6) is 0.876. The maximum Gasteiger partial charge on any atom is 0.219 e. The van der Waals surface area contributed by atoms with E-state index in [2.05, 4.69) is 5.32 Å². The number of nitrogens with one attached hydrogen (secondary N) is 1. The van der Waals surface area contributed by atoms with Crippen molar-refractivity contribution in [2.75, 3.05) is 7.11 Å². The molecule has 1 aromatic rings. The van der Waals surface area contributed by atoms with Crippen molar-refractivity contribution in [3.63, 3.8) is 0 Å². The molecule has 0 aromatic heterocycles. The fraction of sp³-hybridized carbons (Fsp3) is 0.462. The van der Waals surface area contributed by atoms with Crippen LogP contribution in [0.5, 0.6) is 5.75 Å². The molecule has 3 heteroatoms. The van der Waals surface area contributed by atoms with Gasteiger partial charge in [0, 0.05) is 13.0 Å². The normalized spacial score (nSPS) is 8.75. The molecule has 1 N–H and O–H groups in total. The van der Waals surface area contributed by atoms with E-state index in [0.29, 0.717) is 13.0 Å². The topological polar surface area (TPSA) is 38.3 Å². The Hall–Kier alpha value is -1.51. The summed E-state index contributed by atoms with van der Waals surface area (Å²) < 4.78 is 5.08. The van der Waals surface area contributed by atoms with Crippen molar-refractivity contribution in [2.24, 2.45) is 0 Å². The first-order chi connectivity index (χ1) is 7.76. The van der Waals surface area contributed by atoms with Gasteiger partial charge in [0.15, 0.2) is 0 Å². The van der Waals surface area contributed by atoms with Gasteiger partial charge in [-0.25, -0.2) is 0 Å². The highest BCUT2D eigenvalue weighted by Crippen LogP contribution is 2.11. The second-order valence-electron chi connectivity index (χ2n) is 2.98. The summed E-state index contributed by atoms with van der Waals surface area (Å²) >= 11 is 0. The van der Waals surface area contributed by atoms with Crippen molar-refractivity contribution in [3.05, 3.63) is 29.8 Å². The summed E-state index contributed by atoms with van der Waals surface area (Å²) in [6.07, 6.45) is 0.518. The summed E-state index contributed by atoms with van der Waals surface area (Å²) in [5, 5.41) is 2.81. The van der Waals surface area contributed by atoms with Crippen LogP contribution in [0.1, 0.15) is 32.8 Å². The Balaban J connectivity index is 0.00000106. The van der Waals surface area contributed by atoms with Gasteiger partial charge in [0.1, 0.15) is 5.75 Å². The predicted octanol–water partition coefficient (Wildman–Crippen LogP) is 2.75. The van der Waals surface area contributed by atoms with Crippen LogP contribution in [0.15, 0.2) is 24.3 Å². The summed E-state index contributed by atoms with van der Waals surface area (Å²) in [4.78, 5) is 11.0. The summed E-state index contributed by atoms with van der Waals surface area (Å²) in [5.41, 5.74) is 1.05. The minimum atomic E-state index is 0.0628. The Morgan fingerprint density at radius 2 is 2.06 bits per heavy atom. The lowest BCUT2D eigenvalue weighted by atomic mass is 10.2. The monoisotopic (exact) mass is 223 g/mol. The van der Waals surface area contributed by atoms with Gasteiger partial charge in [0.2, 0.25) is 5.91 Å². The van der Waals surface area contributed by atoms with Gasteiger partial charge in [-0.2, -0.15) is 0 Å². The fourth-order valence-corrected chi connectivity index (χ4v) is 1.11. The van der Waals surface area contributed by atoms with Crippen molar-refractivity contribution in [3.8, 4) is 5.75 Å². The molecule has 0 unspecified atom stereocenters.